The molecular weight excluding hydrogens is 248 g/mol. The van der Waals surface area contributed by atoms with Gasteiger partial charge in [-0.3, -0.25) is 4.79 Å². The van der Waals surface area contributed by atoms with Crippen molar-refractivity contribution < 1.29 is 4.79 Å². The van der Waals surface area contributed by atoms with Crippen LogP contribution in [0.3, 0.4) is 0 Å². The number of nitrogens with two attached hydrogens (primary N) is 1. The lowest BCUT2D eigenvalue weighted by molar-refractivity contribution is 0.0794. The molecule has 1 aliphatic heterocycles. The Hall–Kier alpha value is -0.720. The average molecular weight is 263 g/mol. The van der Waals surface area contributed by atoms with Crippen molar-refractivity contribution in [3.63, 3.8) is 0 Å². The minimum Gasteiger partial charge on any atom is -0.336 e. The van der Waals surface area contributed by atoms with Crippen LogP contribution in [-0.4, -0.2) is 39.5 Å². The number of aromatic nitrogens is 2. The number of hydrogen-bond acceptors (Lipinski definition) is 5. The smallest absolute Gasteiger partial charge is 0.267 e. The van der Waals surface area contributed by atoms with E-state index in [1.165, 1.54) is 11.5 Å². The molecule has 0 aromatic carbocycles. The summed E-state index contributed by atoms with van der Waals surface area (Å²) in [7, 11) is 0. The Labute approximate surface area is 105 Å². The van der Waals surface area contributed by atoms with Crippen molar-refractivity contribution in [3.8, 4) is 0 Å². The monoisotopic (exact) mass is 262 g/mol. The van der Waals surface area contributed by atoms with Gasteiger partial charge in [-0.25, -0.2) is 0 Å². The summed E-state index contributed by atoms with van der Waals surface area (Å²) in [5.41, 5.74) is 6.56. The van der Waals surface area contributed by atoms with Crippen LogP contribution in [0.1, 0.15) is 28.7 Å². The summed E-state index contributed by atoms with van der Waals surface area (Å²) >= 11 is 1.18. The molecule has 1 aromatic heterocycles. The Morgan fingerprint density at radius 2 is 2.44 bits per heavy atom. The maximum atomic E-state index is 12.0. The predicted molar refractivity (Wildman–Crippen MR) is 65.0 cm³/mol. The van der Waals surface area contributed by atoms with Gasteiger partial charge < -0.3 is 10.6 Å². The fourth-order valence-corrected chi connectivity index (χ4v) is 2.44. The van der Waals surface area contributed by atoms with Gasteiger partial charge in [0.2, 0.25) is 0 Å². The van der Waals surface area contributed by atoms with Gasteiger partial charge >= 0.3 is 0 Å². The van der Waals surface area contributed by atoms with Crippen LogP contribution in [0.2, 0.25) is 0 Å². The second-order valence-corrected chi connectivity index (χ2v) is 4.46. The molecule has 1 fully saturated rings. The number of aryl methyl sites for hydroxylation is 1. The van der Waals surface area contributed by atoms with E-state index < -0.39 is 0 Å². The Kier molecular flexibility index (Phi) is 4.64. The number of hydrogen-bond donors (Lipinski definition) is 1. The summed E-state index contributed by atoms with van der Waals surface area (Å²) < 4.78 is 3.82. The molecule has 90 valence electrons. The van der Waals surface area contributed by atoms with E-state index in [9.17, 15) is 4.79 Å². The lowest BCUT2D eigenvalue weighted by Gasteiger charge is -2.14. The summed E-state index contributed by atoms with van der Waals surface area (Å²) in [5.74, 6) is 0.0369. The SMILES string of the molecule is CCc1nnsc1C(=O)N1CC[C@@H](N)C1.Cl. The minimum atomic E-state index is 0. The van der Waals surface area contributed by atoms with Crippen molar-refractivity contribution in [2.24, 2.45) is 5.73 Å². The second kappa shape index (κ2) is 5.56. The van der Waals surface area contributed by atoms with Gasteiger partial charge in [0, 0.05) is 19.1 Å². The molecule has 1 atom stereocenters. The summed E-state index contributed by atoms with van der Waals surface area (Å²) in [5, 5.41) is 3.94. The van der Waals surface area contributed by atoms with Gasteiger partial charge in [0.15, 0.2) is 0 Å². The van der Waals surface area contributed by atoms with Crippen LogP contribution in [0, 0.1) is 0 Å². The molecule has 2 heterocycles. The lowest BCUT2D eigenvalue weighted by Crippen LogP contribution is -2.31. The molecule has 0 saturated carbocycles. The number of likely N-dealkylation sites (tertiary alicyclic amines) is 1. The highest BCUT2D eigenvalue weighted by Crippen LogP contribution is 2.17. The molecule has 1 aromatic rings. The fourth-order valence-electron chi connectivity index (χ4n) is 1.72. The molecule has 7 heteroatoms. The summed E-state index contributed by atoms with van der Waals surface area (Å²) in [6.07, 6.45) is 1.64. The van der Waals surface area contributed by atoms with E-state index >= 15 is 0 Å². The van der Waals surface area contributed by atoms with Crippen molar-refractivity contribution in [1.82, 2.24) is 14.5 Å². The van der Waals surface area contributed by atoms with Crippen molar-refractivity contribution in [3.05, 3.63) is 10.6 Å². The van der Waals surface area contributed by atoms with Crippen molar-refractivity contribution in [2.75, 3.05) is 13.1 Å². The number of carbonyl (C=O) groups excluding carboxylic acids is 1. The number of halogens is 1. The van der Waals surface area contributed by atoms with E-state index in [0.29, 0.717) is 11.4 Å². The Morgan fingerprint density at radius 1 is 1.69 bits per heavy atom. The number of carbonyl (C=O) groups is 1. The number of nitrogens with zero attached hydrogens (tertiary/aromatic N) is 3. The molecule has 16 heavy (non-hydrogen) atoms. The molecule has 0 spiro atoms. The molecule has 2 N–H and O–H groups in total. The first-order valence-corrected chi connectivity index (χ1v) is 5.85. The highest BCUT2D eigenvalue weighted by molar-refractivity contribution is 7.08. The van der Waals surface area contributed by atoms with Gasteiger partial charge in [0.1, 0.15) is 4.88 Å². The molecule has 1 amide bonds. The van der Waals surface area contributed by atoms with Crippen LogP contribution < -0.4 is 5.73 Å². The van der Waals surface area contributed by atoms with E-state index in [-0.39, 0.29) is 24.4 Å². The Bertz CT molecular complexity index is 370. The summed E-state index contributed by atoms with van der Waals surface area (Å²) in [6.45, 7) is 3.38. The number of amides is 1. The maximum Gasteiger partial charge on any atom is 0.267 e. The zero-order chi connectivity index (χ0) is 10.8. The predicted octanol–water partition coefficient (Wildman–Crippen LogP) is 0.696. The first kappa shape index (κ1) is 13.3. The number of rotatable bonds is 2. The largest absolute Gasteiger partial charge is 0.336 e. The normalized spacial score (nSPS) is 19.6. The summed E-state index contributed by atoms with van der Waals surface area (Å²) in [6, 6.07) is 0.125. The van der Waals surface area contributed by atoms with Crippen molar-refractivity contribution in [2.45, 2.75) is 25.8 Å². The van der Waals surface area contributed by atoms with Crippen LogP contribution >= 0.6 is 23.9 Å². The van der Waals surface area contributed by atoms with Crippen LogP contribution in [-0.2, 0) is 6.42 Å². The fraction of sp³-hybridized carbons (Fsp3) is 0.667. The zero-order valence-electron chi connectivity index (χ0n) is 9.05. The third kappa shape index (κ3) is 2.50. The molecule has 1 aliphatic rings. The van der Waals surface area contributed by atoms with E-state index in [1.807, 2.05) is 6.92 Å². The average Bonchev–Trinajstić information content (AvgIpc) is 2.84. The first-order chi connectivity index (χ1) is 7.22. The molecule has 0 radical (unpaired) electrons. The second-order valence-electron chi connectivity index (χ2n) is 3.70. The van der Waals surface area contributed by atoms with Gasteiger partial charge in [0.05, 0.1) is 5.69 Å². The van der Waals surface area contributed by atoms with Gasteiger partial charge in [0.25, 0.3) is 5.91 Å². The Balaban J connectivity index is 0.00000128. The van der Waals surface area contributed by atoms with E-state index in [1.54, 1.807) is 4.90 Å². The Morgan fingerprint density at radius 3 is 3.00 bits per heavy atom. The molecule has 1 saturated heterocycles. The van der Waals surface area contributed by atoms with Gasteiger partial charge in [-0.15, -0.1) is 17.5 Å². The maximum absolute atomic E-state index is 12.0. The van der Waals surface area contributed by atoms with Gasteiger partial charge in [-0.1, -0.05) is 11.4 Å². The van der Waals surface area contributed by atoms with E-state index in [2.05, 4.69) is 9.59 Å². The van der Waals surface area contributed by atoms with E-state index in [0.717, 1.165) is 25.1 Å². The third-order valence-electron chi connectivity index (χ3n) is 2.60. The summed E-state index contributed by atoms with van der Waals surface area (Å²) in [4.78, 5) is 14.5. The first-order valence-electron chi connectivity index (χ1n) is 5.08. The topological polar surface area (TPSA) is 72.1 Å². The molecule has 0 aliphatic carbocycles. The van der Waals surface area contributed by atoms with Crippen LogP contribution in [0.25, 0.3) is 0 Å². The minimum absolute atomic E-state index is 0. The van der Waals surface area contributed by atoms with Gasteiger partial charge in [-0.05, 0) is 24.4 Å². The highest BCUT2D eigenvalue weighted by Gasteiger charge is 2.27. The van der Waals surface area contributed by atoms with Crippen LogP contribution in [0.5, 0.6) is 0 Å². The van der Waals surface area contributed by atoms with Crippen LogP contribution in [0.4, 0.5) is 0 Å². The lowest BCUT2D eigenvalue weighted by atomic mass is 10.3. The molecule has 5 nitrogen and oxygen atoms in total. The highest BCUT2D eigenvalue weighted by atomic mass is 35.5. The standard InChI is InChI=1S/C9H14N4OS.ClH/c1-2-7-8(15-12-11-7)9(14)13-4-3-6(10)5-13;/h6H,2-5,10H2,1H3;1H/t6-;/m1./s1. The zero-order valence-corrected chi connectivity index (χ0v) is 10.7. The van der Waals surface area contributed by atoms with Crippen LogP contribution in [0.15, 0.2) is 0 Å². The third-order valence-corrected chi connectivity index (χ3v) is 3.35. The molecular formula is C9H15ClN4OS. The van der Waals surface area contributed by atoms with E-state index in [4.69, 9.17) is 5.73 Å². The quantitative estimate of drug-likeness (QED) is 0.852. The molecule has 0 unspecified atom stereocenters. The molecule has 0 bridgehead atoms. The van der Waals surface area contributed by atoms with Gasteiger partial charge in [-0.2, -0.15) is 0 Å². The molecule has 2 rings (SSSR count). The van der Waals surface area contributed by atoms with Crippen molar-refractivity contribution >= 4 is 29.8 Å². The van der Waals surface area contributed by atoms with Crippen molar-refractivity contribution in [1.29, 1.82) is 0 Å².